The molecular formula is C19H16N2O3S2. The Hall–Kier alpha value is -2.64. The molecule has 0 radical (unpaired) electrons. The van der Waals surface area contributed by atoms with Crippen LogP contribution in [0.5, 0.6) is 5.75 Å². The molecule has 1 fully saturated rings. The zero-order valence-corrected chi connectivity index (χ0v) is 15.3. The van der Waals surface area contributed by atoms with E-state index in [-0.39, 0.29) is 30.5 Å². The number of thiocarbonyl (C=S) groups is 1. The third kappa shape index (κ3) is 4.50. The molecule has 2 N–H and O–H groups in total. The van der Waals surface area contributed by atoms with E-state index in [1.54, 1.807) is 18.2 Å². The van der Waals surface area contributed by atoms with Crippen LogP contribution in [0.4, 0.5) is 5.69 Å². The number of anilines is 1. The highest BCUT2D eigenvalue weighted by Gasteiger charge is 2.32. The fraction of sp³-hybridized carbons (Fsp3) is 0.105. The van der Waals surface area contributed by atoms with Gasteiger partial charge in [-0.15, -0.1) is 0 Å². The molecule has 0 bridgehead atoms. The van der Waals surface area contributed by atoms with Crippen LogP contribution in [-0.2, 0) is 9.59 Å². The van der Waals surface area contributed by atoms with E-state index in [2.05, 4.69) is 5.32 Å². The SMILES string of the molecule is O=C(CCN1C(=O)/C(=C\c2ccccc2)SC1=S)Nc1cccc(O)c1. The summed E-state index contributed by atoms with van der Waals surface area (Å²) in [5.74, 6) is -0.364. The average molecular weight is 384 g/mol. The van der Waals surface area contributed by atoms with Gasteiger partial charge in [0, 0.05) is 24.7 Å². The first-order chi connectivity index (χ1) is 12.5. The second-order valence-electron chi connectivity index (χ2n) is 5.59. The van der Waals surface area contributed by atoms with Crippen LogP contribution in [-0.4, -0.2) is 32.7 Å². The van der Waals surface area contributed by atoms with Crippen LogP contribution < -0.4 is 5.32 Å². The van der Waals surface area contributed by atoms with Crippen LogP contribution in [0.15, 0.2) is 59.5 Å². The first kappa shape index (κ1) is 18.2. The number of carbonyl (C=O) groups is 2. The van der Waals surface area contributed by atoms with Gasteiger partial charge in [0.05, 0.1) is 4.91 Å². The molecule has 2 aromatic rings. The lowest BCUT2D eigenvalue weighted by Gasteiger charge is -2.14. The Morgan fingerprint density at radius 2 is 1.96 bits per heavy atom. The number of benzene rings is 2. The van der Waals surface area contributed by atoms with Crippen molar-refractivity contribution in [2.45, 2.75) is 6.42 Å². The molecule has 0 aliphatic carbocycles. The van der Waals surface area contributed by atoms with Gasteiger partial charge in [-0.05, 0) is 23.8 Å². The van der Waals surface area contributed by atoms with Gasteiger partial charge in [-0.3, -0.25) is 14.5 Å². The predicted octanol–water partition coefficient (Wildman–Crippen LogP) is 3.62. The fourth-order valence-corrected chi connectivity index (χ4v) is 3.72. The van der Waals surface area contributed by atoms with E-state index in [4.69, 9.17) is 12.2 Å². The number of thioether (sulfide) groups is 1. The molecule has 1 aliphatic rings. The molecule has 2 amide bonds. The molecule has 2 aromatic carbocycles. The number of rotatable bonds is 5. The molecule has 0 spiro atoms. The quantitative estimate of drug-likeness (QED) is 0.609. The lowest BCUT2D eigenvalue weighted by atomic mass is 10.2. The van der Waals surface area contributed by atoms with E-state index in [0.29, 0.717) is 14.9 Å². The van der Waals surface area contributed by atoms with E-state index >= 15 is 0 Å². The molecule has 1 aliphatic heterocycles. The van der Waals surface area contributed by atoms with Gasteiger partial charge in [0.15, 0.2) is 0 Å². The monoisotopic (exact) mass is 384 g/mol. The van der Waals surface area contributed by atoms with Gasteiger partial charge >= 0.3 is 0 Å². The van der Waals surface area contributed by atoms with Gasteiger partial charge in [0.1, 0.15) is 10.1 Å². The van der Waals surface area contributed by atoms with Crippen molar-refractivity contribution in [3.8, 4) is 5.75 Å². The molecule has 26 heavy (non-hydrogen) atoms. The molecule has 0 saturated carbocycles. The number of carbonyl (C=O) groups excluding carboxylic acids is 2. The lowest BCUT2D eigenvalue weighted by Crippen LogP contribution is -2.31. The van der Waals surface area contributed by atoms with Crippen LogP contribution in [0.25, 0.3) is 6.08 Å². The summed E-state index contributed by atoms with van der Waals surface area (Å²) in [7, 11) is 0. The highest BCUT2D eigenvalue weighted by molar-refractivity contribution is 8.26. The maximum absolute atomic E-state index is 12.5. The van der Waals surface area contributed by atoms with E-state index in [0.717, 1.165) is 5.56 Å². The molecule has 7 heteroatoms. The van der Waals surface area contributed by atoms with Crippen molar-refractivity contribution in [1.82, 2.24) is 4.90 Å². The summed E-state index contributed by atoms with van der Waals surface area (Å²) in [6.07, 6.45) is 1.91. The highest BCUT2D eigenvalue weighted by Crippen LogP contribution is 2.32. The second-order valence-corrected chi connectivity index (χ2v) is 7.27. The van der Waals surface area contributed by atoms with Gasteiger partial charge in [-0.2, -0.15) is 0 Å². The van der Waals surface area contributed by atoms with Crippen molar-refractivity contribution in [2.75, 3.05) is 11.9 Å². The Labute approximate surface area is 160 Å². The maximum Gasteiger partial charge on any atom is 0.266 e. The van der Waals surface area contributed by atoms with E-state index in [1.807, 2.05) is 30.3 Å². The summed E-state index contributed by atoms with van der Waals surface area (Å²) < 4.78 is 0.447. The second kappa shape index (κ2) is 8.16. The van der Waals surface area contributed by atoms with Crippen molar-refractivity contribution in [3.05, 3.63) is 65.1 Å². The molecule has 5 nitrogen and oxygen atoms in total. The normalized spacial score (nSPS) is 15.5. The number of phenols is 1. The summed E-state index contributed by atoms with van der Waals surface area (Å²) in [4.78, 5) is 26.6. The lowest BCUT2D eigenvalue weighted by molar-refractivity contribution is -0.122. The first-order valence-corrected chi connectivity index (χ1v) is 9.15. The summed E-state index contributed by atoms with van der Waals surface area (Å²) in [6.45, 7) is 0.210. The predicted molar refractivity (Wildman–Crippen MR) is 108 cm³/mol. The smallest absolute Gasteiger partial charge is 0.266 e. The minimum Gasteiger partial charge on any atom is -0.508 e. The van der Waals surface area contributed by atoms with Crippen molar-refractivity contribution in [2.24, 2.45) is 0 Å². The summed E-state index contributed by atoms with van der Waals surface area (Å²) >= 11 is 6.51. The number of nitrogens with one attached hydrogen (secondary N) is 1. The molecule has 3 rings (SSSR count). The number of nitrogens with zero attached hydrogens (tertiary/aromatic N) is 1. The molecule has 0 unspecified atom stereocenters. The standard InChI is InChI=1S/C19H16N2O3S2/c22-15-8-4-7-14(12-15)20-17(23)9-10-21-18(24)16(26-19(21)25)11-13-5-2-1-3-6-13/h1-8,11-12,22H,9-10H2,(H,20,23)/b16-11+. The number of aromatic hydroxyl groups is 1. The molecule has 132 valence electrons. The Morgan fingerprint density at radius 1 is 1.19 bits per heavy atom. The van der Waals surface area contributed by atoms with Gasteiger partial charge in [0.25, 0.3) is 5.91 Å². The molecule has 0 atom stereocenters. The van der Waals surface area contributed by atoms with Crippen LogP contribution in [0.1, 0.15) is 12.0 Å². The summed E-state index contributed by atoms with van der Waals surface area (Å²) in [5.41, 5.74) is 1.43. The zero-order valence-electron chi connectivity index (χ0n) is 13.7. The first-order valence-electron chi connectivity index (χ1n) is 7.92. The van der Waals surface area contributed by atoms with E-state index in [9.17, 15) is 14.7 Å². The number of hydrogen-bond acceptors (Lipinski definition) is 5. The zero-order chi connectivity index (χ0) is 18.5. The Bertz CT molecular complexity index is 881. The van der Waals surface area contributed by atoms with Crippen LogP contribution in [0, 0.1) is 0 Å². The molecular weight excluding hydrogens is 368 g/mol. The van der Waals surface area contributed by atoms with E-state index in [1.165, 1.54) is 28.8 Å². The minimum atomic E-state index is -0.253. The van der Waals surface area contributed by atoms with Crippen LogP contribution >= 0.6 is 24.0 Å². The minimum absolute atomic E-state index is 0.0748. The van der Waals surface area contributed by atoms with Crippen molar-refractivity contribution in [3.63, 3.8) is 0 Å². The van der Waals surface area contributed by atoms with Crippen molar-refractivity contribution >= 4 is 51.9 Å². The van der Waals surface area contributed by atoms with Gasteiger partial charge < -0.3 is 10.4 Å². The fourth-order valence-electron chi connectivity index (χ4n) is 2.41. The van der Waals surface area contributed by atoms with Gasteiger partial charge in [-0.1, -0.05) is 60.4 Å². The topological polar surface area (TPSA) is 69.6 Å². The van der Waals surface area contributed by atoms with Gasteiger partial charge in [0.2, 0.25) is 5.91 Å². The molecule has 1 saturated heterocycles. The molecule has 0 aromatic heterocycles. The Balaban J connectivity index is 1.59. The van der Waals surface area contributed by atoms with Crippen molar-refractivity contribution in [1.29, 1.82) is 0 Å². The average Bonchev–Trinajstić information content (AvgIpc) is 2.87. The van der Waals surface area contributed by atoms with Crippen LogP contribution in [0.2, 0.25) is 0 Å². The van der Waals surface area contributed by atoms with E-state index < -0.39 is 0 Å². The number of hydrogen-bond donors (Lipinski definition) is 2. The highest BCUT2D eigenvalue weighted by atomic mass is 32.2. The van der Waals surface area contributed by atoms with Gasteiger partial charge in [-0.25, -0.2) is 0 Å². The summed E-state index contributed by atoms with van der Waals surface area (Å²) in [6, 6.07) is 15.8. The Morgan fingerprint density at radius 3 is 2.69 bits per heavy atom. The third-order valence-corrected chi connectivity index (χ3v) is 5.04. The Kier molecular flexibility index (Phi) is 5.70. The van der Waals surface area contributed by atoms with Crippen molar-refractivity contribution < 1.29 is 14.7 Å². The number of phenolic OH excluding ortho intramolecular Hbond substituents is 1. The largest absolute Gasteiger partial charge is 0.508 e. The summed E-state index contributed by atoms with van der Waals surface area (Å²) in [5, 5.41) is 12.1. The van der Waals surface area contributed by atoms with Crippen LogP contribution in [0.3, 0.4) is 0 Å². The third-order valence-electron chi connectivity index (χ3n) is 3.66. The maximum atomic E-state index is 12.5. The molecule has 1 heterocycles. The number of amides is 2.